The minimum Gasteiger partial charge on any atom is -0.365 e. The highest BCUT2D eigenvalue weighted by Gasteiger charge is 2.45. The molecule has 0 radical (unpaired) electrons. The molecule has 1 amide bonds. The van der Waals surface area contributed by atoms with Gasteiger partial charge in [-0.15, -0.1) is 0 Å². The van der Waals surface area contributed by atoms with Crippen LogP contribution in [0.25, 0.3) is 0 Å². The lowest BCUT2D eigenvalue weighted by molar-refractivity contribution is -0.139. The number of nitrogens with zero attached hydrogens (tertiary/aromatic N) is 5. The Morgan fingerprint density at radius 2 is 2.00 bits per heavy atom. The van der Waals surface area contributed by atoms with E-state index in [1.807, 2.05) is 14.7 Å². The number of aromatic nitrogens is 2. The van der Waals surface area contributed by atoms with Gasteiger partial charge in [0.1, 0.15) is 18.1 Å². The lowest BCUT2D eigenvalue weighted by atomic mass is 10.1. The summed E-state index contributed by atoms with van der Waals surface area (Å²) in [6, 6.07) is 0.273. The predicted octanol–water partition coefficient (Wildman–Crippen LogP) is 0.750. The third kappa shape index (κ3) is 3.49. The molecule has 30 heavy (non-hydrogen) atoms. The lowest BCUT2D eigenvalue weighted by Crippen LogP contribution is -2.55. The van der Waals surface area contributed by atoms with Gasteiger partial charge in [0.15, 0.2) is 0 Å². The minimum absolute atomic E-state index is 0.00609. The number of amides is 1. The summed E-state index contributed by atoms with van der Waals surface area (Å²) in [5.74, 6) is -1.87. The van der Waals surface area contributed by atoms with Gasteiger partial charge in [-0.1, -0.05) is 0 Å². The smallest absolute Gasteiger partial charge is 0.290 e. The van der Waals surface area contributed by atoms with Crippen LogP contribution in [0.2, 0.25) is 0 Å². The first-order valence-corrected chi connectivity index (χ1v) is 10.8. The van der Waals surface area contributed by atoms with Crippen molar-refractivity contribution in [3.63, 3.8) is 0 Å². The Labute approximate surface area is 174 Å². The zero-order valence-corrected chi connectivity index (χ0v) is 17.2. The van der Waals surface area contributed by atoms with E-state index in [0.29, 0.717) is 43.5 Å². The van der Waals surface area contributed by atoms with E-state index in [-0.39, 0.29) is 43.2 Å². The van der Waals surface area contributed by atoms with Gasteiger partial charge in [-0.25, -0.2) is 4.98 Å². The molecule has 10 heteroatoms. The van der Waals surface area contributed by atoms with Crippen molar-refractivity contribution < 1.29 is 18.3 Å². The molecule has 164 valence electrons. The van der Waals surface area contributed by atoms with Crippen LogP contribution < -0.4 is 15.1 Å². The van der Waals surface area contributed by atoms with Crippen LogP contribution in [-0.2, 0) is 21.9 Å². The summed E-state index contributed by atoms with van der Waals surface area (Å²) >= 11 is 0. The van der Waals surface area contributed by atoms with Crippen LogP contribution in [0.1, 0.15) is 31.0 Å². The number of nitrogens with one attached hydrogen (secondary N) is 1. The molecule has 0 aromatic carbocycles. The maximum Gasteiger partial charge on any atom is 0.290 e. The Bertz CT molecular complexity index is 826. The topological polar surface area (TPSA) is 73.8 Å². The molecule has 1 atom stereocenters. The molecular weight excluding hydrogens is 394 g/mol. The molecular formula is C20H28F2N6O2. The lowest BCUT2D eigenvalue weighted by Gasteiger charge is -2.42. The van der Waals surface area contributed by atoms with Gasteiger partial charge in [0.05, 0.1) is 6.10 Å². The first kappa shape index (κ1) is 19.9. The Kier molecular flexibility index (Phi) is 5.01. The SMILES string of the molecule is C[C@H]1CCN1c1nc(N2CC(OCC(=O)N3CCNCC3)C2)c2c(n1)C(F)(F)CC2. The van der Waals surface area contributed by atoms with Crippen molar-refractivity contribution >= 4 is 17.7 Å². The second-order valence-corrected chi connectivity index (χ2v) is 8.68. The quantitative estimate of drug-likeness (QED) is 0.751. The summed E-state index contributed by atoms with van der Waals surface area (Å²) in [5.41, 5.74) is 0.451. The molecule has 3 saturated heterocycles. The molecule has 8 nitrogen and oxygen atoms in total. The van der Waals surface area contributed by atoms with Crippen molar-refractivity contribution in [2.45, 2.75) is 44.3 Å². The summed E-state index contributed by atoms with van der Waals surface area (Å²) < 4.78 is 34.6. The summed E-state index contributed by atoms with van der Waals surface area (Å²) in [7, 11) is 0. The minimum atomic E-state index is -2.90. The predicted molar refractivity (Wildman–Crippen MR) is 107 cm³/mol. The second kappa shape index (κ2) is 7.56. The van der Waals surface area contributed by atoms with Gasteiger partial charge in [0.25, 0.3) is 5.92 Å². The van der Waals surface area contributed by atoms with Crippen molar-refractivity contribution in [2.24, 2.45) is 0 Å². The summed E-state index contributed by atoms with van der Waals surface area (Å²) in [6.07, 6.45) is 1.01. The highest BCUT2D eigenvalue weighted by atomic mass is 19.3. The van der Waals surface area contributed by atoms with Crippen LogP contribution in [0.3, 0.4) is 0 Å². The maximum atomic E-state index is 14.4. The summed E-state index contributed by atoms with van der Waals surface area (Å²) in [4.78, 5) is 27.0. The average Bonchev–Trinajstić information content (AvgIpc) is 3.01. The molecule has 0 bridgehead atoms. The number of carbonyl (C=O) groups excluding carboxylic acids is 1. The molecule has 0 unspecified atom stereocenters. The summed E-state index contributed by atoms with van der Waals surface area (Å²) in [6.45, 7) is 7.06. The Hall–Kier alpha value is -2.07. The Balaban J connectivity index is 1.25. The number of hydrogen-bond acceptors (Lipinski definition) is 7. The van der Waals surface area contributed by atoms with E-state index in [1.54, 1.807) is 0 Å². The Morgan fingerprint density at radius 1 is 1.23 bits per heavy atom. The molecule has 1 N–H and O–H groups in total. The van der Waals surface area contributed by atoms with Crippen LogP contribution in [0.4, 0.5) is 20.5 Å². The molecule has 3 fully saturated rings. The number of piperazine rings is 1. The van der Waals surface area contributed by atoms with E-state index in [9.17, 15) is 13.6 Å². The fourth-order valence-electron chi connectivity index (χ4n) is 4.51. The molecule has 1 aliphatic carbocycles. The first-order chi connectivity index (χ1) is 14.4. The van der Waals surface area contributed by atoms with Gasteiger partial charge in [-0.05, 0) is 19.8 Å². The average molecular weight is 422 g/mol. The molecule has 3 aliphatic heterocycles. The molecule has 4 aliphatic rings. The third-order valence-electron chi connectivity index (χ3n) is 6.65. The van der Waals surface area contributed by atoms with Crippen molar-refractivity contribution in [1.82, 2.24) is 20.2 Å². The van der Waals surface area contributed by atoms with Gasteiger partial charge in [-0.2, -0.15) is 13.8 Å². The van der Waals surface area contributed by atoms with Gasteiger partial charge >= 0.3 is 0 Å². The van der Waals surface area contributed by atoms with Gasteiger partial charge in [0.2, 0.25) is 11.9 Å². The number of alkyl halides is 2. The standard InChI is InChI=1S/C20H28F2N6O2/c1-13-3-7-28(13)19-24-17-15(2-4-20(17,21)22)18(25-19)27-10-14(11-27)30-12-16(29)26-8-5-23-6-9-26/h13-14,23H,2-12H2,1H3/t13-/m0/s1. The second-order valence-electron chi connectivity index (χ2n) is 8.68. The number of carbonyl (C=O) groups is 1. The number of fused-ring (bicyclic) bond motifs is 1. The van der Waals surface area contributed by atoms with Crippen LogP contribution in [0.15, 0.2) is 0 Å². The van der Waals surface area contributed by atoms with Crippen molar-refractivity contribution in [3.8, 4) is 0 Å². The van der Waals surface area contributed by atoms with Crippen molar-refractivity contribution in [3.05, 3.63) is 11.3 Å². The first-order valence-electron chi connectivity index (χ1n) is 10.8. The fraction of sp³-hybridized carbons (Fsp3) is 0.750. The number of anilines is 2. The maximum absolute atomic E-state index is 14.4. The molecule has 1 aromatic rings. The monoisotopic (exact) mass is 422 g/mol. The molecule has 5 rings (SSSR count). The third-order valence-corrected chi connectivity index (χ3v) is 6.65. The Morgan fingerprint density at radius 3 is 2.67 bits per heavy atom. The van der Waals surface area contributed by atoms with Crippen LogP contribution in [0.5, 0.6) is 0 Å². The number of ether oxygens (including phenoxy) is 1. The van der Waals surface area contributed by atoms with E-state index < -0.39 is 5.92 Å². The molecule has 4 heterocycles. The number of halogens is 2. The number of hydrogen-bond donors (Lipinski definition) is 1. The molecule has 0 saturated carbocycles. The molecule has 1 aromatic heterocycles. The van der Waals surface area contributed by atoms with Crippen molar-refractivity contribution in [2.75, 3.05) is 62.2 Å². The van der Waals surface area contributed by atoms with Crippen LogP contribution in [-0.4, -0.2) is 85.3 Å². The highest BCUT2D eigenvalue weighted by Crippen LogP contribution is 2.45. The molecule has 0 spiro atoms. The van der Waals surface area contributed by atoms with E-state index in [0.717, 1.165) is 26.1 Å². The van der Waals surface area contributed by atoms with Gasteiger partial charge in [-0.3, -0.25) is 4.79 Å². The fourth-order valence-corrected chi connectivity index (χ4v) is 4.51. The zero-order chi connectivity index (χ0) is 20.9. The summed E-state index contributed by atoms with van der Waals surface area (Å²) in [5, 5.41) is 3.22. The largest absolute Gasteiger partial charge is 0.365 e. The highest BCUT2D eigenvalue weighted by molar-refractivity contribution is 5.77. The van der Waals surface area contributed by atoms with E-state index in [1.165, 1.54) is 0 Å². The normalized spacial score (nSPS) is 25.7. The van der Waals surface area contributed by atoms with Gasteiger partial charge < -0.3 is 24.8 Å². The van der Waals surface area contributed by atoms with E-state index >= 15 is 0 Å². The van der Waals surface area contributed by atoms with Crippen molar-refractivity contribution in [1.29, 1.82) is 0 Å². The zero-order valence-electron chi connectivity index (χ0n) is 17.2. The van der Waals surface area contributed by atoms with Gasteiger partial charge in [0, 0.05) is 63.8 Å². The van der Waals surface area contributed by atoms with E-state index in [2.05, 4.69) is 22.2 Å². The van der Waals surface area contributed by atoms with E-state index in [4.69, 9.17) is 4.74 Å². The number of rotatable bonds is 5. The van der Waals surface area contributed by atoms with Crippen LogP contribution >= 0.6 is 0 Å². The van der Waals surface area contributed by atoms with Crippen LogP contribution in [0, 0.1) is 0 Å².